The minimum absolute atomic E-state index is 0.0585. The van der Waals surface area contributed by atoms with Crippen LogP contribution in [0.1, 0.15) is 25.3 Å². The number of likely N-dealkylation sites (N-methyl/N-ethyl adjacent to an activating group) is 1. The monoisotopic (exact) mass is 366 g/mol. The zero-order valence-corrected chi connectivity index (χ0v) is 16.1. The number of para-hydroxylation sites is 1. The average molecular weight is 366 g/mol. The number of esters is 1. The third kappa shape index (κ3) is 1.40. The van der Waals surface area contributed by atoms with Crippen molar-refractivity contribution in [1.29, 1.82) is 0 Å². The Morgan fingerprint density at radius 3 is 2.89 bits per heavy atom. The number of methoxy groups -OCH3 is 1. The lowest BCUT2D eigenvalue weighted by Crippen LogP contribution is -2.71. The molecule has 6 aliphatic rings. The second-order valence-electron chi connectivity index (χ2n) is 9.05. The van der Waals surface area contributed by atoms with Crippen LogP contribution in [0.15, 0.2) is 35.9 Å². The molecule has 0 amide bonds. The van der Waals surface area contributed by atoms with Crippen molar-refractivity contribution in [2.24, 2.45) is 11.3 Å². The van der Waals surface area contributed by atoms with Crippen molar-refractivity contribution in [1.82, 2.24) is 4.90 Å². The Morgan fingerprint density at radius 1 is 1.37 bits per heavy atom. The van der Waals surface area contributed by atoms with E-state index in [9.17, 15) is 9.90 Å². The summed E-state index contributed by atoms with van der Waals surface area (Å²) in [6, 6.07) is 9.09. The van der Waals surface area contributed by atoms with E-state index in [1.807, 2.05) is 0 Å². The highest BCUT2D eigenvalue weighted by Crippen LogP contribution is 2.72. The van der Waals surface area contributed by atoms with Crippen molar-refractivity contribution < 1.29 is 14.6 Å². The van der Waals surface area contributed by atoms with Gasteiger partial charge in [0.05, 0.1) is 19.3 Å². The first-order chi connectivity index (χ1) is 13.0. The largest absolute Gasteiger partial charge is 0.468 e. The lowest BCUT2D eigenvalue weighted by atomic mass is 9.58. The number of carbonyl (C=O) groups is 1. The standard InChI is InChI=1S/C22H26N2O3/c1-4-12-11-24-16-9-14(12)22(20(26)27-3)17(24)10-21(19(22)25)13-7-5-6-8-15(13)23(2)18(16)21/h4-8,14,16-19,25H,9-11H2,1-3H3/b12-4+/t14-,16?,17-,18+,19-,21?,22+/m0/s1. The highest BCUT2D eigenvalue weighted by atomic mass is 16.5. The number of aliphatic hydroxyl groups excluding tert-OH is 1. The normalized spacial score (nSPS) is 49.5. The third-order valence-electron chi connectivity index (χ3n) is 8.72. The number of allylic oxidation sites excluding steroid dienone is 1. The summed E-state index contributed by atoms with van der Waals surface area (Å²) in [7, 11) is 3.63. The summed E-state index contributed by atoms with van der Waals surface area (Å²) < 4.78 is 5.37. The molecule has 1 spiro atoms. The number of ether oxygens (including phenoxy) is 1. The van der Waals surface area contributed by atoms with Gasteiger partial charge in [0.2, 0.25) is 0 Å². The van der Waals surface area contributed by atoms with Crippen molar-refractivity contribution >= 4 is 11.7 Å². The van der Waals surface area contributed by atoms with Gasteiger partial charge in [0, 0.05) is 42.7 Å². The van der Waals surface area contributed by atoms with E-state index in [1.165, 1.54) is 23.9 Å². The molecular formula is C22H26N2O3. The Morgan fingerprint density at radius 2 is 2.15 bits per heavy atom. The molecule has 1 aliphatic carbocycles. The van der Waals surface area contributed by atoms with E-state index in [1.54, 1.807) is 0 Å². The Balaban J connectivity index is 1.67. The zero-order chi connectivity index (χ0) is 18.7. The molecule has 142 valence electrons. The van der Waals surface area contributed by atoms with Crippen LogP contribution in [0.4, 0.5) is 5.69 Å². The van der Waals surface area contributed by atoms with E-state index >= 15 is 0 Å². The number of nitrogens with zero attached hydrogens (tertiary/aromatic N) is 2. The van der Waals surface area contributed by atoms with E-state index in [-0.39, 0.29) is 29.4 Å². The topological polar surface area (TPSA) is 53.0 Å². The number of anilines is 1. The summed E-state index contributed by atoms with van der Waals surface area (Å²) in [6.45, 7) is 2.97. The Hall–Kier alpha value is -1.85. The number of hydrogen-bond acceptors (Lipinski definition) is 5. The molecule has 4 saturated heterocycles. The molecule has 1 aromatic carbocycles. The Bertz CT molecular complexity index is 897. The van der Waals surface area contributed by atoms with Crippen LogP contribution in [0, 0.1) is 11.3 Å². The van der Waals surface area contributed by atoms with Crippen LogP contribution in [0.2, 0.25) is 0 Å². The maximum absolute atomic E-state index is 13.3. The van der Waals surface area contributed by atoms with Gasteiger partial charge in [-0.1, -0.05) is 29.8 Å². The molecule has 5 aliphatic heterocycles. The van der Waals surface area contributed by atoms with Crippen molar-refractivity contribution in [3.8, 4) is 0 Å². The van der Waals surface area contributed by atoms with Crippen LogP contribution in [-0.2, 0) is 14.9 Å². The lowest BCUT2D eigenvalue weighted by molar-refractivity contribution is -0.179. The van der Waals surface area contributed by atoms with Gasteiger partial charge in [-0.15, -0.1) is 0 Å². The van der Waals surface area contributed by atoms with Gasteiger partial charge < -0.3 is 14.7 Å². The quantitative estimate of drug-likeness (QED) is 0.606. The van der Waals surface area contributed by atoms with Gasteiger partial charge in [-0.25, -0.2) is 0 Å². The predicted octanol–water partition coefficient (Wildman–Crippen LogP) is 1.70. The van der Waals surface area contributed by atoms with Gasteiger partial charge in [-0.3, -0.25) is 9.69 Å². The molecule has 8 atom stereocenters. The molecule has 1 aromatic rings. The SMILES string of the molecule is C/C=C1\CN2C3C[C@@H]1[C@@]1(C(=O)OC)[C@@H]2CC2(c4ccccc4N(C)[C@H]32)[C@@H]1O. The van der Waals surface area contributed by atoms with E-state index < -0.39 is 11.5 Å². The molecule has 1 saturated carbocycles. The predicted molar refractivity (Wildman–Crippen MR) is 102 cm³/mol. The summed E-state index contributed by atoms with van der Waals surface area (Å²) in [5.74, 6) is -0.146. The lowest BCUT2D eigenvalue weighted by Gasteiger charge is -2.61. The summed E-state index contributed by atoms with van der Waals surface area (Å²) in [5.41, 5.74) is 2.48. The zero-order valence-electron chi connectivity index (χ0n) is 16.1. The molecule has 7 rings (SSSR count). The van der Waals surface area contributed by atoms with Gasteiger partial charge in [0.15, 0.2) is 0 Å². The summed E-state index contributed by atoms with van der Waals surface area (Å²) >= 11 is 0. The molecule has 5 nitrogen and oxygen atoms in total. The number of rotatable bonds is 1. The molecule has 5 bridgehead atoms. The van der Waals surface area contributed by atoms with Crippen LogP contribution in [0.25, 0.3) is 0 Å². The molecule has 5 heteroatoms. The van der Waals surface area contributed by atoms with E-state index in [0.29, 0.717) is 6.04 Å². The molecule has 3 unspecified atom stereocenters. The highest BCUT2D eigenvalue weighted by Gasteiger charge is 2.82. The van der Waals surface area contributed by atoms with Crippen molar-refractivity contribution in [3.05, 3.63) is 41.5 Å². The summed E-state index contributed by atoms with van der Waals surface area (Å²) in [6.07, 6.45) is 3.19. The first-order valence-corrected chi connectivity index (χ1v) is 10.0. The van der Waals surface area contributed by atoms with Gasteiger partial charge >= 0.3 is 5.97 Å². The van der Waals surface area contributed by atoms with Crippen molar-refractivity contribution in [2.45, 2.75) is 49.4 Å². The fourth-order valence-electron chi connectivity index (χ4n) is 7.97. The number of piperidine rings is 4. The summed E-state index contributed by atoms with van der Waals surface area (Å²) in [4.78, 5) is 18.2. The molecular weight excluding hydrogens is 340 g/mol. The Labute approximate surface area is 159 Å². The minimum atomic E-state index is -0.849. The average Bonchev–Trinajstić information content (AvgIpc) is 3.08. The molecule has 0 radical (unpaired) electrons. The summed E-state index contributed by atoms with van der Waals surface area (Å²) in [5, 5.41) is 12.0. The van der Waals surface area contributed by atoms with Crippen molar-refractivity contribution in [3.63, 3.8) is 0 Å². The van der Waals surface area contributed by atoms with Crippen LogP contribution in [-0.4, -0.2) is 60.9 Å². The first-order valence-electron chi connectivity index (χ1n) is 10.0. The smallest absolute Gasteiger partial charge is 0.316 e. The van der Waals surface area contributed by atoms with Crippen LogP contribution in [0.3, 0.4) is 0 Å². The van der Waals surface area contributed by atoms with Gasteiger partial charge in [0.1, 0.15) is 5.41 Å². The fraction of sp³-hybridized carbons (Fsp3) is 0.591. The third-order valence-corrected chi connectivity index (χ3v) is 8.72. The van der Waals surface area contributed by atoms with Crippen LogP contribution >= 0.6 is 0 Å². The number of hydrogen-bond donors (Lipinski definition) is 1. The van der Waals surface area contributed by atoms with E-state index in [2.05, 4.69) is 54.1 Å². The molecule has 1 N–H and O–H groups in total. The highest BCUT2D eigenvalue weighted by molar-refractivity contribution is 5.84. The number of aliphatic hydroxyl groups is 1. The van der Waals surface area contributed by atoms with E-state index in [0.717, 1.165) is 19.4 Å². The Kier molecular flexibility index (Phi) is 2.84. The molecule has 5 fully saturated rings. The van der Waals surface area contributed by atoms with Gasteiger partial charge in [-0.05, 0) is 31.4 Å². The first kappa shape index (κ1) is 16.1. The van der Waals surface area contributed by atoms with Crippen LogP contribution in [0.5, 0.6) is 0 Å². The second-order valence-corrected chi connectivity index (χ2v) is 9.05. The number of fused-ring (bicyclic) bond motifs is 2. The maximum atomic E-state index is 13.3. The van der Waals surface area contributed by atoms with Gasteiger partial charge in [-0.2, -0.15) is 0 Å². The number of carbonyl (C=O) groups excluding carboxylic acids is 1. The maximum Gasteiger partial charge on any atom is 0.316 e. The van der Waals surface area contributed by atoms with Crippen molar-refractivity contribution in [2.75, 3.05) is 25.6 Å². The van der Waals surface area contributed by atoms with Crippen LogP contribution < -0.4 is 4.90 Å². The fourth-order valence-corrected chi connectivity index (χ4v) is 7.97. The number of benzene rings is 1. The molecule has 5 heterocycles. The molecule has 27 heavy (non-hydrogen) atoms. The minimum Gasteiger partial charge on any atom is -0.468 e. The molecule has 0 aromatic heterocycles. The van der Waals surface area contributed by atoms with Gasteiger partial charge in [0.25, 0.3) is 0 Å². The second kappa shape index (κ2) is 4.76. The van der Waals surface area contributed by atoms with E-state index in [4.69, 9.17) is 4.74 Å².